The number of nitrogens with zero attached hydrogens (tertiary/aromatic N) is 1. The first-order valence-electron chi connectivity index (χ1n) is 6.62. The molecule has 4 nitrogen and oxygen atoms in total. The van der Waals surface area contributed by atoms with Crippen LogP contribution in [0.25, 0.3) is 0 Å². The van der Waals surface area contributed by atoms with Gasteiger partial charge in [0.05, 0.1) is 18.6 Å². The minimum absolute atomic E-state index is 0.0740. The highest BCUT2D eigenvalue weighted by atomic mass is 79.9. The van der Waals surface area contributed by atoms with Gasteiger partial charge in [0, 0.05) is 17.6 Å². The molecule has 5 heteroatoms. The van der Waals surface area contributed by atoms with Crippen molar-refractivity contribution in [2.75, 3.05) is 20.2 Å². The Labute approximate surface area is 128 Å². The van der Waals surface area contributed by atoms with Crippen LogP contribution in [0.3, 0.4) is 0 Å². The van der Waals surface area contributed by atoms with Gasteiger partial charge in [-0.05, 0) is 34.5 Å². The molecule has 1 amide bonds. The van der Waals surface area contributed by atoms with Crippen LogP contribution in [-0.2, 0) is 9.53 Å². The number of methoxy groups -OCH3 is 1. The van der Waals surface area contributed by atoms with Crippen LogP contribution in [0, 0.1) is 5.92 Å². The molecular formula is C15H20BrNO3. The van der Waals surface area contributed by atoms with E-state index >= 15 is 0 Å². The van der Waals surface area contributed by atoms with E-state index in [0.29, 0.717) is 18.7 Å². The third-order valence-electron chi connectivity index (χ3n) is 2.98. The Morgan fingerprint density at radius 3 is 2.55 bits per heavy atom. The zero-order valence-corrected chi connectivity index (χ0v) is 13.6. The number of rotatable bonds is 6. The first kappa shape index (κ1) is 16.7. The number of carbonyl (C=O) groups excluding carboxylic acids is 2. The van der Waals surface area contributed by atoms with Gasteiger partial charge in [0.25, 0.3) is 5.91 Å². The van der Waals surface area contributed by atoms with Crippen LogP contribution >= 0.6 is 15.9 Å². The predicted molar refractivity (Wildman–Crippen MR) is 81.5 cm³/mol. The molecule has 0 radical (unpaired) electrons. The smallest absolute Gasteiger partial charge is 0.310 e. The van der Waals surface area contributed by atoms with Crippen molar-refractivity contribution in [1.82, 2.24) is 4.90 Å². The monoisotopic (exact) mass is 341 g/mol. The van der Waals surface area contributed by atoms with E-state index in [1.807, 2.05) is 25.1 Å². The maximum Gasteiger partial charge on any atom is 0.310 e. The molecule has 0 saturated heterocycles. The summed E-state index contributed by atoms with van der Waals surface area (Å²) in [5.41, 5.74) is 0.609. The number of esters is 1. The summed E-state index contributed by atoms with van der Waals surface area (Å²) >= 11 is 3.39. The Bertz CT molecular complexity index is 476. The van der Waals surface area contributed by atoms with E-state index in [9.17, 15) is 9.59 Å². The molecule has 1 aromatic rings. The van der Waals surface area contributed by atoms with Crippen molar-refractivity contribution in [3.63, 3.8) is 0 Å². The second-order valence-corrected chi connectivity index (χ2v) is 5.51. The maximum absolute atomic E-state index is 12.5. The molecule has 0 aliphatic carbocycles. The van der Waals surface area contributed by atoms with Gasteiger partial charge >= 0.3 is 5.97 Å². The van der Waals surface area contributed by atoms with Gasteiger partial charge in [-0.2, -0.15) is 0 Å². The van der Waals surface area contributed by atoms with Crippen LogP contribution in [0.2, 0.25) is 0 Å². The van der Waals surface area contributed by atoms with Crippen LogP contribution < -0.4 is 0 Å². The topological polar surface area (TPSA) is 46.6 Å². The van der Waals surface area contributed by atoms with Crippen LogP contribution in [0.4, 0.5) is 0 Å². The van der Waals surface area contributed by atoms with Gasteiger partial charge in [-0.1, -0.05) is 26.0 Å². The summed E-state index contributed by atoms with van der Waals surface area (Å²) < 4.78 is 5.47. The average Bonchev–Trinajstić information content (AvgIpc) is 2.45. The number of amides is 1. The number of halogens is 1. The minimum Gasteiger partial charge on any atom is -0.469 e. The van der Waals surface area contributed by atoms with Gasteiger partial charge in [-0.25, -0.2) is 0 Å². The highest BCUT2D eigenvalue weighted by molar-refractivity contribution is 9.10. The van der Waals surface area contributed by atoms with E-state index in [-0.39, 0.29) is 17.8 Å². The lowest BCUT2D eigenvalue weighted by atomic mass is 10.1. The largest absolute Gasteiger partial charge is 0.469 e. The Morgan fingerprint density at radius 1 is 1.35 bits per heavy atom. The molecule has 0 aliphatic rings. The lowest BCUT2D eigenvalue weighted by Gasteiger charge is -2.25. The van der Waals surface area contributed by atoms with Crippen LogP contribution in [0.15, 0.2) is 28.7 Å². The molecule has 0 N–H and O–H groups in total. The molecular weight excluding hydrogens is 322 g/mol. The fraction of sp³-hybridized carbons (Fsp3) is 0.467. The van der Waals surface area contributed by atoms with Gasteiger partial charge in [-0.15, -0.1) is 0 Å². The first-order chi connectivity index (χ1) is 9.51. The number of carbonyl (C=O) groups is 2. The maximum atomic E-state index is 12.5. The quantitative estimate of drug-likeness (QED) is 0.747. The van der Waals surface area contributed by atoms with Crippen molar-refractivity contribution in [3.8, 4) is 0 Å². The molecule has 0 aliphatic heterocycles. The molecule has 0 saturated carbocycles. The number of benzene rings is 1. The fourth-order valence-corrected chi connectivity index (χ4v) is 2.41. The van der Waals surface area contributed by atoms with Gasteiger partial charge < -0.3 is 9.64 Å². The van der Waals surface area contributed by atoms with E-state index in [1.165, 1.54) is 7.11 Å². The molecule has 1 rings (SSSR count). The summed E-state index contributed by atoms with van der Waals surface area (Å²) in [5.74, 6) is -0.709. The molecule has 20 heavy (non-hydrogen) atoms. The van der Waals surface area contributed by atoms with Crippen molar-refractivity contribution in [2.24, 2.45) is 5.92 Å². The molecule has 0 heterocycles. The normalized spacial score (nSPS) is 11.8. The van der Waals surface area contributed by atoms with Crippen molar-refractivity contribution < 1.29 is 14.3 Å². The SMILES string of the molecule is CCCN(CC(C)C(=O)OC)C(=O)c1ccccc1Br. The molecule has 110 valence electrons. The zero-order chi connectivity index (χ0) is 15.1. The van der Waals surface area contributed by atoms with Crippen molar-refractivity contribution in [2.45, 2.75) is 20.3 Å². The van der Waals surface area contributed by atoms with E-state index in [2.05, 4.69) is 15.9 Å². The second-order valence-electron chi connectivity index (χ2n) is 4.66. The van der Waals surface area contributed by atoms with Crippen LogP contribution in [0.5, 0.6) is 0 Å². The van der Waals surface area contributed by atoms with E-state index < -0.39 is 0 Å². The minimum atomic E-state index is -0.335. The average molecular weight is 342 g/mol. The highest BCUT2D eigenvalue weighted by Gasteiger charge is 2.22. The van der Waals surface area contributed by atoms with Gasteiger partial charge in [0.15, 0.2) is 0 Å². The van der Waals surface area contributed by atoms with Crippen molar-refractivity contribution >= 4 is 27.8 Å². The summed E-state index contributed by atoms with van der Waals surface area (Å²) in [6.07, 6.45) is 0.837. The van der Waals surface area contributed by atoms with E-state index in [4.69, 9.17) is 4.74 Å². The summed E-state index contributed by atoms with van der Waals surface area (Å²) in [4.78, 5) is 25.8. The Balaban J connectivity index is 2.88. The standard InChI is InChI=1S/C15H20BrNO3/c1-4-9-17(10-11(2)15(19)20-3)14(18)12-7-5-6-8-13(12)16/h5-8,11H,4,9-10H2,1-3H3. The summed E-state index contributed by atoms with van der Waals surface area (Å²) in [6, 6.07) is 7.30. The van der Waals surface area contributed by atoms with Crippen LogP contribution in [-0.4, -0.2) is 37.0 Å². The molecule has 0 bridgehead atoms. The summed E-state index contributed by atoms with van der Waals surface area (Å²) in [5, 5.41) is 0. The molecule has 1 atom stereocenters. The summed E-state index contributed by atoms with van der Waals surface area (Å²) in [6.45, 7) is 4.74. The first-order valence-corrected chi connectivity index (χ1v) is 7.42. The lowest BCUT2D eigenvalue weighted by Crippen LogP contribution is -2.38. The van der Waals surface area contributed by atoms with Crippen LogP contribution in [0.1, 0.15) is 30.6 Å². The van der Waals surface area contributed by atoms with Crippen molar-refractivity contribution in [1.29, 1.82) is 0 Å². The van der Waals surface area contributed by atoms with Crippen molar-refractivity contribution in [3.05, 3.63) is 34.3 Å². The Kier molecular flexibility index (Phi) is 6.71. The molecule has 0 spiro atoms. The number of hydrogen-bond acceptors (Lipinski definition) is 3. The third-order valence-corrected chi connectivity index (χ3v) is 3.67. The third kappa shape index (κ3) is 4.34. The number of ether oxygens (including phenoxy) is 1. The number of hydrogen-bond donors (Lipinski definition) is 0. The van der Waals surface area contributed by atoms with E-state index in [1.54, 1.807) is 17.9 Å². The second kappa shape index (κ2) is 8.04. The Hall–Kier alpha value is -1.36. The summed E-state index contributed by atoms with van der Waals surface area (Å²) in [7, 11) is 1.36. The van der Waals surface area contributed by atoms with Gasteiger partial charge in [0.1, 0.15) is 0 Å². The van der Waals surface area contributed by atoms with Gasteiger partial charge in [-0.3, -0.25) is 9.59 Å². The fourth-order valence-electron chi connectivity index (χ4n) is 1.96. The predicted octanol–water partition coefficient (Wildman–Crippen LogP) is 3.11. The zero-order valence-electron chi connectivity index (χ0n) is 12.1. The molecule has 0 fully saturated rings. The molecule has 0 aromatic heterocycles. The lowest BCUT2D eigenvalue weighted by molar-refractivity contribution is -0.145. The molecule has 1 aromatic carbocycles. The molecule has 1 unspecified atom stereocenters. The Morgan fingerprint density at radius 2 is 2.00 bits per heavy atom. The highest BCUT2D eigenvalue weighted by Crippen LogP contribution is 2.19. The van der Waals surface area contributed by atoms with Gasteiger partial charge in [0.2, 0.25) is 0 Å². The van der Waals surface area contributed by atoms with E-state index in [0.717, 1.165) is 10.9 Å².